The number of aliphatic hydroxyl groups excluding tert-OH is 1. The molecule has 0 fully saturated rings. The molecule has 39 heavy (non-hydrogen) atoms. The SMILES string of the molecule is Cc1cn(-c2ccc(-c3cc(F)c(CO)c(S(C)(=O)=O)c3)cc2-c2oc(C)nc2-c2ccccc2C)c(C)n1. The van der Waals surface area contributed by atoms with E-state index in [9.17, 15) is 13.5 Å². The summed E-state index contributed by atoms with van der Waals surface area (Å²) in [5.41, 5.74) is 5.57. The minimum Gasteiger partial charge on any atom is -0.440 e. The van der Waals surface area contributed by atoms with Crippen molar-refractivity contribution in [3.05, 3.63) is 95.1 Å². The highest BCUT2D eigenvalue weighted by molar-refractivity contribution is 7.90. The number of benzene rings is 3. The minimum absolute atomic E-state index is 0.247. The fourth-order valence-electron chi connectivity index (χ4n) is 4.86. The third-order valence-electron chi connectivity index (χ3n) is 6.68. The number of aromatic nitrogens is 3. The molecule has 0 saturated heterocycles. The Bertz CT molecular complexity index is 1840. The molecule has 5 aromatic rings. The minimum atomic E-state index is -3.80. The molecule has 0 aliphatic heterocycles. The second kappa shape index (κ2) is 9.91. The Kier molecular flexibility index (Phi) is 6.74. The van der Waals surface area contributed by atoms with Crippen LogP contribution < -0.4 is 0 Å². The quantitative estimate of drug-likeness (QED) is 0.276. The largest absolute Gasteiger partial charge is 0.440 e. The summed E-state index contributed by atoms with van der Waals surface area (Å²) in [6.45, 7) is 6.87. The van der Waals surface area contributed by atoms with Gasteiger partial charge in [-0.2, -0.15) is 0 Å². The number of hydrogen-bond acceptors (Lipinski definition) is 6. The molecule has 0 bridgehead atoms. The highest BCUT2D eigenvalue weighted by Gasteiger charge is 2.23. The van der Waals surface area contributed by atoms with Gasteiger partial charge in [0.2, 0.25) is 0 Å². The highest BCUT2D eigenvalue weighted by atomic mass is 32.2. The van der Waals surface area contributed by atoms with Crippen LogP contribution in [0.15, 0.2) is 70.1 Å². The number of oxazole rings is 1. The van der Waals surface area contributed by atoms with Crippen molar-refractivity contribution in [3.8, 4) is 39.4 Å². The van der Waals surface area contributed by atoms with Crippen LogP contribution in [0.4, 0.5) is 4.39 Å². The van der Waals surface area contributed by atoms with E-state index in [-0.39, 0.29) is 10.5 Å². The zero-order valence-corrected chi connectivity index (χ0v) is 23.1. The van der Waals surface area contributed by atoms with Crippen LogP contribution in [-0.2, 0) is 16.4 Å². The smallest absolute Gasteiger partial charge is 0.192 e. The van der Waals surface area contributed by atoms with Crippen LogP contribution in [0.25, 0.3) is 39.4 Å². The molecule has 0 aliphatic carbocycles. The predicted molar refractivity (Wildman–Crippen MR) is 148 cm³/mol. The molecule has 2 aromatic heterocycles. The second-order valence-electron chi connectivity index (χ2n) is 9.62. The monoisotopic (exact) mass is 545 g/mol. The zero-order chi connectivity index (χ0) is 28.1. The lowest BCUT2D eigenvalue weighted by Crippen LogP contribution is -2.06. The van der Waals surface area contributed by atoms with Gasteiger partial charge in [0.25, 0.3) is 0 Å². The van der Waals surface area contributed by atoms with Crippen molar-refractivity contribution in [2.75, 3.05) is 6.26 Å². The van der Waals surface area contributed by atoms with Gasteiger partial charge in [0.05, 0.1) is 22.9 Å². The van der Waals surface area contributed by atoms with Crippen LogP contribution in [0.2, 0.25) is 0 Å². The van der Waals surface area contributed by atoms with E-state index < -0.39 is 22.3 Å². The molecule has 200 valence electrons. The first kappa shape index (κ1) is 26.5. The lowest BCUT2D eigenvalue weighted by Gasteiger charge is -2.15. The molecule has 3 aromatic carbocycles. The number of imidazole rings is 1. The van der Waals surface area contributed by atoms with Gasteiger partial charge in [0.15, 0.2) is 21.5 Å². The summed E-state index contributed by atoms with van der Waals surface area (Å²) in [5, 5.41) is 9.64. The van der Waals surface area contributed by atoms with Gasteiger partial charge in [-0.25, -0.2) is 22.8 Å². The van der Waals surface area contributed by atoms with E-state index in [0.29, 0.717) is 34.0 Å². The Morgan fingerprint density at radius 3 is 2.33 bits per heavy atom. The number of hydrogen-bond donors (Lipinski definition) is 1. The Balaban J connectivity index is 1.81. The molecule has 9 heteroatoms. The average molecular weight is 546 g/mol. The lowest BCUT2D eigenvalue weighted by atomic mass is 9.96. The van der Waals surface area contributed by atoms with E-state index in [1.165, 1.54) is 12.1 Å². The van der Waals surface area contributed by atoms with Crippen molar-refractivity contribution in [1.82, 2.24) is 14.5 Å². The van der Waals surface area contributed by atoms with Gasteiger partial charge in [0.1, 0.15) is 17.3 Å². The van der Waals surface area contributed by atoms with Crippen molar-refractivity contribution >= 4 is 9.84 Å². The maximum absolute atomic E-state index is 15.0. The first-order chi connectivity index (χ1) is 18.5. The number of sulfone groups is 1. The van der Waals surface area contributed by atoms with Crippen molar-refractivity contribution < 1.29 is 22.3 Å². The fraction of sp³-hybridized carbons (Fsp3) is 0.200. The molecule has 0 spiro atoms. The van der Waals surface area contributed by atoms with Gasteiger partial charge in [-0.3, -0.25) is 0 Å². The van der Waals surface area contributed by atoms with Crippen molar-refractivity contribution in [1.29, 1.82) is 0 Å². The van der Waals surface area contributed by atoms with Gasteiger partial charge in [-0.15, -0.1) is 0 Å². The molecule has 0 amide bonds. The highest BCUT2D eigenvalue weighted by Crippen LogP contribution is 2.40. The third-order valence-corrected chi connectivity index (χ3v) is 7.85. The zero-order valence-electron chi connectivity index (χ0n) is 22.3. The summed E-state index contributed by atoms with van der Waals surface area (Å²) in [6.07, 6.45) is 2.91. The molecular weight excluding hydrogens is 517 g/mol. The fourth-order valence-corrected chi connectivity index (χ4v) is 5.81. The molecule has 0 unspecified atom stereocenters. The van der Waals surface area contributed by atoms with Crippen molar-refractivity contribution in [2.45, 2.75) is 39.2 Å². The van der Waals surface area contributed by atoms with Gasteiger partial charge in [0, 0.05) is 36.1 Å². The predicted octanol–water partition coefficient (Wildman–Crippen LogP) is 6.13. The maximum atomic E-state index is 15.0. The molecule has 2 heterocycles. The number of aryl methyl sites for hydroxylation is 4. The lowest BCUT2D eigenvalue weighted by molar-refractivity contribution is 0.272. The van der Waals surface area contributed by atoms with Crippen molar-refractivity contribution in [3.63, 3.8) is 0 Å². The molecule has 7 nitrogen and oxygen atoms in total. The van der Waals surface area contributed by atoms with Crippen LogP contribution in [0.1, 0.15) is 28.5 Å². The van der Waals surface area contributed by atoms with Gasteiger partial charge < -0.3 is 14.1 Å². The Labute approximate surface area is 226 Å². The first-order valence-corrected chi connectivity index (χ1v) is 14.2. The average Bonchev–Trinajstić information content (AvgIpc) is 3.43. The van der Waals surface area contributed by atoms with E-state index in [0.717, 1.165) is 34.6 Å². The van der Waals surface area contributed by atoms with Gasteiger partial charge in [-0.05, 0) is 61.7 Å². The molecular formula is C30H28FN3O4S. The van der Waals surface area contributed by atoms with E-state index in [1.54, 1.807) is 13.0 Å². The summed E-state index contributed by atoms with van der Waals surface area (Å²) in [5.74, 6) is 0.988. The Morgan fingerprint density at radius 2 is 1.69 bits per heavy atom. The molecule has 1 N–H and O–H groups in total. The summed E-state index contributed by atoms with van der Waals surface area (Å²) in [7, 11) is -3.80. The Hall–Kier alpha value is -4.08. The maximum Gasteiger partial charge on any atom is 0.192 e. The summed E-state index contributed by atoms with van der Waals surface area (Å²) >= 11 is 0. The Morgan fingerprint density at radius 1 is 0.949 bits per heavy atom. The molecule has 5 rings (SSSR count). The molecule has 0 aliphatic rings. The topological polar surface area (TPSA) is 98.2 Å². The van der Waals surface area contributed by atoms with Crippen LogP contribution in [0, 0.1) is 33.5 Å². The van der Waals surface area contributed by atoms with E-state index in [2.05, 4.69) is 4.98 Å². The third kappa shape index (κ3) is 4.91. The first-order valence-electron chi connectivity index (χ1n) is 12.3. The van der Waals surface area contributed by atoms with Crippen LogP contribution in [-0.4, -0.2) is 34.3 Å². The number of nitrogens with zero attached hydrogens (tertiary/aromatic N) is 3. The van der Waals surface area contributed by atoms with E-state index in [1.807, 2.05) is 67.9 Å². The summed E-state index contributed by atoms with van der Waals surface area (Å²) in [4.78, 5) is 9.01. The summed E-state index contributed by atoms with van der Waals surface area (Å²) < 4.78 is 48.0. The molecule has 0 radical (unpaired) electrons. The van der Waals surface area contributed by atoms with Gasteiger partial charge in [-0.1, -0.05) is 30.3 Å². The number of rotatable bonds is 6. The van der Waals surface area contributed by atoms with Gasteiger partial charge >= 0.3 is 0 Å². The van der Waals surface area contributed by atoms with Crippen molar-refractivity contribution in [2.24, 2.45) is 0 Å². The van der Waals surface area contributed by atoms with Crippen LogP contribution in [0.5, 0.6) is 0 Å². The molecule has 0 saturated carbocycles. The van der Waals surface area contributed by atoms with E-state index in [4.69, 9.17) is 9.40 Å². The van der Waals surface area contributed by atoms with E-state index >= 15 is 4.39 Å². The van der Waals surface area contributed by atoms with Crippen LogP contribution in [0.3, 0.4) is 0 Å². The number of aliphatic hydroxyl groups is 1. The standard InChI is InChI=1S/C30H28FN3O4S/c1-17-8-6-7-9-23(17)29-30(38-20(4)33-29)24-12-21(10-11-27(24)34-15-18(2)32-19(34)3)22-13-26(31)25(16-35)28(14-22)39(5,36)37/h6-15,35H,16H2,1-5H3. The van der Waals surface area contributed by atoms with Crippen LogP contribution >= 0.6 is 0 Å². The second-order valence-corrected chi connectivity index (χ2v) is 11.6. The molecule has 0 atom stereocenters. The summed E-state index contributed by atoms with van der Waals surface area (Å²) in [6, 6.07) is 16.0. The number of halogens is 1. The normalized spacial score (nSPS) is 11.8.